The van der Waals surface area contributed by atoms with Crippen LogP contribution < -0.4 is 10.2 Å². The molecule has 1 fully saturated rings. The summed E-state index contributed by atoms with van der Waals surface area (Å²) in [6, 6.07) is 9.19. The zero-order chi connectivity index (χ0) is 20.9. The van der Waals surface area contributed by atoms with Gasteiger partial charge in [0.05, 0.1) is 0 Å². The highest BCUT2D eigenvalue weighted by molar-refractivity contribution is 6.11. The number of halogens is 2. The van der Waals surface area contributed by atoms with Gasteiger partial charge in [-0.25, -0.2) is 13.6 Å². The SMILES string of the molecule is C[C@H]1Cc2ccccc2N1C(=O)CN1C(=O)N[C@](C)(c2cc(F)ccc2F)C1=O. The normalized spacial score (nSPS) is 23.4. The molecule has 2 aliphatic rings. The van der Waals surface area contributed by atoms with E-state index in [-0.39, 0.29) is 11.6 Å². The Balaban J connectivity index is 1.60. The summed E-state index contributed by atoms with van der Waals surface area (Å²) < 4.78 is 27.9. The molecule has 0 saturated carbocycles. The Morgan fingerprint density at radius 1 is 1.21 bits per heavy atom. The second kappa shape index (κ2) is 6.65. The third-order valence-corrected chi connectivity index (χ3v) is 5.51. The highest BCUT2D eigenvalue weighted by Crippen LogP contribution is 2.34. The molecule has 2 aliphatic heterocycles. The molecule has 1 N–H and O–H groups in total. The number of benzene rings is 2. The van der Waals surface area contributed by atoms with Crippen molar-refractivity contribution in [3.05, 3.63) is 65.2 Å². The van der Waals surface area contributed by atoms with Crippen molar-refractivity contribution in [2.45, 2.75) is 31.8 Å². The molecule has 2 atom stereocenters. The monoisotopic (exact) mass is 399 g/mol. The fourth-order valence-electron chi connectivity index (χ4n) is 4.06. The molecule has 2 aromatic carbocycles. The van der Waals surface area contributed by atoms with Crippen molar-refractivity contribution in [3.8, 4) is 0 Å². The first-order valence-electron chi connectivity index (χ1n) is 9.22. The van der Waals surface area contributed by atoms with Crippen LogP contribution in [0, 0.1) is 11.6 Å². The van der Waals surface area contributed by atoms with Crippen molar-refractivity contribution in [3.63, 3.8) is 0 Å². The van der Waals surface area contributed by atoms with Gasteiger partial charge in [-0.15, -0.1) is 0 Å². The average Bonchev–Trinajstić information content (AvgIpc) is 3.12. The zero-order valence-corrected chi connectivity index (χ0v) is 15.9. The topological polar surface area (TPSA) is 69.7 Å². The molecule has 2 aromatic rings. The van der Waals surface area contributed by atoms with Crippen molar-refractivity contribution in [2.24, 2.45) is 0 Å². The molecule has 1 saturated heterocycles. The molecular formula is C21H19F2N3O3. The number of para-hydroxylation sites is 1. The van der Waals surface area contributed by atoms with Gasteiger partial charge in [-0.2, -0.15) is 0 Å². The number of hydrogen-bond donors (Lipinski definition) is 1. The molecule has 29 heavy (non-hydrogen) atoms. The highest BCUT2D eigenvalue weighted by Gasteiger charge is 2.51. The van der Waals surface area contributed by atoms with E-state index in [4.69, 9.17) is 0 Å². The van der Waals surface area contributed by atoms with Gasteiger partial charge in [-0.05, 0) is 50.1 Å². The van der Waals surface area contributed by atoms with Crippen LogP contribution in [0.15, 0.2) is 42.5 Å². The van der Waals surface area contributed by atoms with E-state index < -0.39 is 41.6 Å². The summed E-state index contributed by atoms with van der Waals surface area (Å²) in [6.45, 7) is 2.69. The third-order valence-electron chi connectivity index (χ3n) is 5.51. The van der Waals surface area contributed by atoms with Gasteiger partial charge < -0.3 is 10.2 Å². The molecule has 2 heterocycles. The van der Waals surface area contributed by atoms with Crippen LogP contribution in [0.1, 0.15) is 25.0 Å². The van der Waals surface area contributed by atoms with Gasteiger partial charge in [0.2, 0.25) is 5.91 Å². The van der Waals surface area contributed by atoms with Crippen molar-refractivity contribution in [2.75, 3.05) is 11.4 Å². The molecule has 0 bridgehead atoms. The van der Waals surface area contributed by atoms with Crippen molar-refractivity contribution >= 4 is 23.5 Å². The lowest BCUT2D eigenvalue weighted by molar-refractivity contribution is -0.134. The highest BCUT2D eigenvalue weighted by atomic mass is 19.1. The van der Waals surface area contributed by atoms with Gasteiger partial charge in [-0.1, -0.05) is 18.2 Å². The molecule has 4 amide bonds. The largest absolute Gasteiger partial charge is 0.325 e. The lowest BCUT2D eigenvalue weighted by Crippen LogP contribution is -2.46. The van der Waals surface area contributed by atoms with Crippen LogP contribution in [-0.2, 0) is 21.5 Å². The third kappa shape index (κ3) is 2.95. The van der Waals surface area contributed by atoms with Crippen molar-refractivity contribution in [1.29, 1.82) is 0 Å². The molecule has 0 spiro atoms. The Labute approximate surface area is 166 Å². The number of fused-ring (bicyclic) bond motifs is 1. The number of rotatable bonds is 3. The van der Waals surface area contributed by atoms with E-state index in [1.165, 1.54) is 6.92 Å². The minimum absolute atomic E-state index is 0.118. The zero-order valence-electron chi connectivity index (χ0n) is 15.9. The van der Waals surface area contributed by atoms with Crippen LogP contribution >= 0.6 is 0 Å². The van der Waals surface area contributed by atoms with Gasteiger partial charge in [0.15, 0.2) is 0 Å². The molecular weight excluding hydrogens is 380 g/mol. The smallest absolute Gasteiger partial charge is 0.319 e. The number of carbonyl (C=O) groups excluding carboxylic acids is 3. The maximum Gasteiger partial charge on any atom is 0.325 e. The van der Waals surface area contributed by atoms with E-state index in [0.717, 1.165) is 34.3 Å². The Morgan fingerprint density at radius 3 is 2.69 bits per heavy atom. The van der Waals surface area contributed by atoms with E-state index in [1.54, 1.807) is 4.90 Å². The number of amides is 4. The number of imide groups is 1. The second-order valence-electron chi connectivity index (χ2n) is 7.52. The summed E-state index contributed by atoms with van der Waals surface area (Å²) in [4.78, 5) is 40.7. The number of anilines is 1. The summed E-state index contributed by atoms with van der Waals surface area (Å²) in [5.74, 6) is -2.78. The van der Waals surface area contributed by atoms with Gasteiger partial charge in [-0.3, -0.25) is 14.5 Å². The lowest BCUT2D eigenvalue weighted by atomic mass is 9.91. The Hall–Kier alpha value is -3.29. The summed E-state index contributed by atoms with van der Waals surface area (Å²) >= 11 is 0. The number of urea groups is 1. The van der Waals surface area contributed by atoms with Gasteiger partial charge in [0, 0.05) is 17.3 Å². The summed E-state index contributed by atoms with van der Waals surface area (Å²) in [7, 11) is 0. The fourth-order valence-corrected chi connectivity index (χ4v) is 4.06. The lowest BCUT2D eigenvalue weighted by Gasteiger charge is -2.26. The Bertz CT molecular complexity index is 1040. The molecule has 0 radical (unpaired) electrons. The van der Waals surface area contributed by atoms with Crippen LogP contribution in [0.5, 0.6) is 0 Å². The Morgan fingerprint density at radius 2 is 1.93 bits per heavy atom. The first-order chi connectivity index (χ1) is 13.7. The predicted octanol–water partition coefficient (Wildman–Crippen LogP) is 2.71. The second-order valence-corrected chi connectivity index (χ2v) is 7.52. The van der Waals surface area contributed by atoms with Crippen molar-refractivity contribution in [1.82, 2.24) is 10.2 Å². The maximum atomic E-state index is 14.3. The summed E-state index contributed by atoms with van der Waals surface area (Å²) in [5.41, 5.74) is -0.322. The molecule has 6 nitrogen and oxygen atoms in total. The van der Waals surface area contributed by atoms with Crippen LogP contribution in [0.3, 0.4) is 0 Å². The minimum Gasteiger partial charge on any atom is -0.319 e. The van der Waals surface area contributed by atoms with Gasteiger partial charge >= 0.3 is 6.03 Å². The van der Waals surface area contributed by atoms with Gasteiger partial charge in [0.1, 0.15) is 23.7 Å². The number of hydrogen-bond acceptors (Lipinski definition) is 3. The number of carbonyl (C=O) groups is 3. The standard InChI is InChI=1S/C21H19F2N3O3/c1-12-9-13-5-3-4-6-17(13)26(12)18(27)11-25-19(28)21(2,24-20(25)29)15-10-14(22)7-8-16(15)23/h3-8,10,12H,9,11H2,1-2H3,(H,24,29)/t12-,21+/m0/s1. The predicted molar refractivity (Wildman–Crippen MR) is 101 cm³/mol. The molecule has 8 heteroatoms. The Kier molecular flexibility index (Phi) is 4.37. The van der Waals surface area contributed by atoms with Crippen molar-refractivity contribution < 1.29 is 23.2 Å². The number of nitrogens with zero attached hydrogens (tertiary/aromatic N) is 2. The van der Waals surface area contributed by atoms with E-state index in [9.17, 15) is 23.2 Å². The van der Waals surface area contributed by atoms with E-state index >= 15 is 0 Å². The molecule has 0 unspecified atom stereocenters. The summed E-state index contributed by atoms with van der Waals surface area (Å²) in [5, 5.41) is 2.40. The van der Waals surface area contributed by atoms with Crippen LogP contribution in [-0.4, -0.2) is 35.3 Å². The molecule has 150 valence electrons. The fraction of sp³-hybridized carbons (Fsp3) is 0.286. The molecule has 0 aromatic heterocycles. The first kappa shape index (κ1) is 19.0. The maximum absolute atomic E-state index is 14.3. The van der Waals surface area contributed by atoms with Gasteiger partial charge in [0.25, 0.3) is 5.91 Å². The molecule has 4 rings (SSSR count). The first-order valence-corrected chi connectivity index (χ1v) is 9.22. The van der Waals surface area contributed by atoms with E-state index in [2.05, 4.69) is 5.32 Å². The van der Waals surface area contributed by atoms with Crippen LogP contribution in [0.2, 0.25) is 0 Å². The average molecular weight is 399 g/mol. The molecule has 0 aliphatic carbocycles. The van der Waals surface area contributed by atoms with E-state index in [1.807, 2.05) is 31.2 Å². The minimum atomic E-state index is -1.79. The summed E-state index contributed by atoms with van der Waals surface area (Å²) in [6.07, 6.45) is 0.675. The number of nitrogens with one attached hydrogen (secondary N) is 1. The van der Waals surface area contributed by atoms with Crippen LogP contribution in [0.4, 0.5) is 19.3 Å². The van der Waals surface area contributed by atoms with E-state index in [0.29, 0.717) is 6.42 Å². The van der Waals surface area contributed by atoms with Crippen LogP contribution in [0.25, 0.3) is 0 Å². The quantitative estimate of drug-likeness (QED) is 0.807.